The molecule has 3 aromatic carbocycles. The number of fused-ring (bicyclic) bond motifs is 1. The van der Waals surface area contributed by atoms with E-state index in [4.69, 9.17) is 23.7 Å². The van der Waals surface area contributed by atoms with Gasteiger partial charge in [0.15, 0.2) is 0 Å². The number of carbonyl (C=O) groups is 2. The first-order valence-corrected chi connectivity index (χ1v) is 20.4. The van der Waals surface area contributed by atoms with Gasteiger partial charge in [-0.25, -0.2) is 13.1 Å². The van der Waals surface area contributed by atoms with E-state index < -0.39 is 10.0 Å². The van der Waals surface area contributed by atoms with E-state index in [1.807, 2.05) is 6.92 Å². The molecule has 0 unspecified atom stereocenters. The Morgan fingerprint density at radius 2 is 1.24 bits per heavy atom. The van der Waals surface area contributed by atoms with Gasteiger partial charge in [0.05, 0.1) is 57.2 Å². The summed E-state index contributed by atoms with van der Waals surface area (Å²) >= 11 is 0. The molecule has 2 amide bonds. The molecule has 0 radical (unpaired) electrons. The molecular formula is C40H54N4O9S. The van der Waals surface area contributed by atoms with Crippen LogP contribution in [0.15, 0.2) is 77.7 Å². The number of likely N-dealkylation sites (tertiary alicyclic amines) is 1. The third kappa shape index (κ3) is 12.6. The summed E-state index contributed by atoms with van der Waals surface area (Å²) in [4.78, 5) is 27.2. The Kier molecular flexibility index (Phi) is 16.7. The number of benzene rings is 3. The van der Waals surface area contributed by atoms with E-state index in [9.17, 15) is 18.0 Å². The number of carbonyl (C=O) groups excluding carboxylic acids is 2. The molecule has 3 aromatic rings. The summed E-state index contributed by atoms with van der Waals surface area (Å²) in [5, 5.41) is 5.54. The van der Waals surface area contributed by atoms with E-state index in [2.05, 4.69) is 44.5 Å². The second kappa shape index (κ2) is 21.9. The third-order valence-electron chi connectivity index (χ3n) is 9.36. The van der Waals surface area contributed by atoms with Crippen LogP contribution in [0.25, 0.3) is 0 Å². The SMILES string of the molecule is CCOCCNC(=O)c1ccc(C(=O)NCCOCCOCCOCCNS(=O)(=O)c2ccc(O[C@H]3c4ccccc4C[C@@H]3N3CCCCC3)cc2)cc1. The highest BCUT2D eigenvalue weighted by molar-refractivity contribution is 7.89. The Bertz CT molecular complexity index is 1700. The lowest BCUT2D eigenvalue weighted by atomic mass is 10.0. The molecule has 1 aliphatic heterocycles. The van der Waals surface area contributed by atoms with Crippen LogP contribution in [0.2, 0.25) is 0 Å². The molecule has 1 fully saturated rings. The number of nitrogens with one attached hydrogen (secondary N) is 3. The summed E-state index contributed by atoms with van der Waals surface area (Å²) in [5.74, 6) is 0.171. The van der Waals surface area contributed by atoms with Gasteiger partial charge in [-0.1, -0.05) is 30.7 Å². The fraction of sp³-hybridized carbons (Fsp3) is 0.500. The highest BCUT2D eigenvalue weighted by Crippen LogP contribution is 2.39. The van der Waals surface area contributed by atoms with E-state index in [1.165, 1.54) is 30.4 Å². The Hall–Kier alpha value is -3.89. The molecule has 0 saturated carbocycles. The fourth-order valence-corrected chi connectivity index (χ4v) is 7.58. The molecule has 294 valence electrons. The van der Waals surface area contributed by atoms with Gasteiger partial charge in [0.2, 0.25) is 10.0 Å². The Labute approximate surface area is 319 Å². The molecule has 2 aliphatic rings. The van der Waals surface area contributed by atoms with Gasteiger partial charge in [0.25, 0.3) is 11.8 Å². The molecule has 0 aromatic heterocycles. The first-order chi connectivity index (χ1) is 26.4. The van der Waals surface area contributed by atoms with E-state index in [0.717, 1.165) is 19.5 Å². The van der Waals surface area contributed by atoms with Gasteiger partial charge in [-0.2, -0.15) is 0 Å². The molecule has 1 aliphatic carbocycles. The number of sulfonamides is 1. The van der Waals surface area contributed by atoms with Crippen molar-refractivity contribution in [3.8, 4) is 5.75 Å². The van der Waals surface area contributed by atoms with Crippen molar-refractivity contribution in [2.45, 2.75) is 49.6 Å². The minimum atomic E-state index is -3.71. The van der Waals surface area contributed by atoms with Crippen LogP contribution in [0, 0.1) is 0 Å². The van der Waals surface area contributed by atoms with Crippen LogP contribution in [0.4, 0.5) is 0 Å². The number of piperidine rings is 1. The van der Waals surface area contributed by atoms with Crippen LogP contribution in [-0.2, 0) is 35.4 Å². The largest absolute Gasteiger partial charge is 0.484 e. The van der Waals surface area contributed by atoms with Gasteiger partial charge in [0, 0.05) is 37.4 Å². The van der Waals surface area contributed by atoms with E-state index in [0.29, 0.717) is 76.2 Å². The van der Waals surface area contributed by atoms with Crippen LogP contribution in [0.3, 0.4) is 0 Å². The number of hydrogen-bond donors (Lipinski definition) is 3. The summed E-state index contributed by atoms with van der Waals surface area (Å²) < 4.78 is 56.6. The molecule has 14 heteroatoms. The highest BCUT2D eigenvalue weighted by Gasteiger charge is 2.38. The maximum atomic E-state index is 12.9. The number of hydrogen-bond acceptors (Lipinski definition) is 10. The predicted octanol–water partition coefficient (Wildman–Crippen LogP) is 3.74. The van der Waals surface area contributed by atoms with Gasteiger partial charge < -0.3 is 34.3 Å². The predicted molar refractivity (Wildman–Crippen MR) is 204 cm³/mol. The van der Waals surface area contributed by atoms with Crippen molar-refractivity contribution >= 4 is 21.8 Å². The fourth-order valence-electron chi connectivity index (χ4n) is 6.56. The molecular weight excluding hydrogens is 713 g/mol. The Morgan fingerprint density at radius 1 is 0.685 bits per heavy atom. The van der Waals surface area contributed by atoms with E-state index >= 15 is 0 Å². The molecule has 54 heavy (non-hydrogen) atoms. The van der Waals surface area contributed by atoms with Crippen molar-refractivity contribution < 1.29 is 41.7 Å². The highest BCUT2D eigenvalue weighted by atomic mass is 32.2. The monoisotopic (exact) mass is 766 g/mol. The van der Waals surface area contributed by atoms with Crippen LogP contribution in [-0.4, -0.2) is 117 Å². The zero-order chi connectivity index (χ0) is 38.0. The van der Waals surface area contributed by atoms with Crippen molar-refractivity contribution in [1.82, 2.24) is 20.3 Å². The van der Waals surface area contributed by atoms with Crippen LogP contribution in [0.1, 0.15) is 64.1 Å². The first-order valence-electron chi connectivity index (χ1n) is 18.9. The van der Waals surface area contributed by atoms with Gasteiger partial charge in [0.1, 0.15) is 11.9 Å². The average Bonchev–Trinajstić information content (AvgIpc) is 3.56. The van der Waals surface area contributed by atoms with Gasteiger partial charge in [-0.3, -0.25) is 14.5 Å². The normalized spacial score (nSPS) is 17.2. The smallest absolute Gasteiger partial charge is 0.251 e. The van der Waals surface area contributed by atoms with Crippen molar-refractivity contribution in [2.75, 3.05) is 85.6 Å². The maximum absolute atomic E-state index is 12.9. The lowest BCUT2D eigenvalue weighted by Crippen LogP contribution is -2.43. The number of amides is 2. The zero-order valence-corrected chi connectivity index (χ0v) is 31.9. The number of nitrogens with zero attached hydrogens (tertiary/aromatic N) is 1. The zero-order valence-electron chi connectivity index (χ0n) is 31.1. The maximum Gasteiger partial charge on any atom is 0.251 e. The Balaban J connectivity index is 0.893. The van der Waals surface area contributed by atoms with Gasteiger partial charge >= 0.3 is 0 Å². The average molecular weight is 767 g/mol. The minimum absolute atomic E-state index is 0.0936. The molecule has 13 nitrogen and oxygen atoms in total. The summed E-state index contributed by atoms with van der Waals surface area (Å²) in [6.45, 7) is 7.81. The van der Waals surface area contributed by atoms with E-state index in [-0.39, 0.29) is 42.0 Å². The summed E-state index contributed by atoms with van der Waals surface area (Å²) in [6.07, 6.45) is 4.55. The van der Waals surface area contributed by atoms with Crippen LogP contribution < -0.4 is 20.1 Å². The molecule has 1 heterocycles. The van der Waals surface area contributed by atoms with Crippen LogP contribution >= 0.6 is 0 Å². The first kappa shape index (κ1) is 41.3. The molecule has 0 spiro atoms. The second-order valence-electron chi connectivity index (χ2n) is 13.1. The molecule has 0 bridgehead atoms. The van der Waals surface area contributed by atoms with Gasteiger partial charge in [-0.05, 0) is 98.9 Å². The third-order valence-corrected chi connectivity index (χ3v) is 10.8. The summed E-state index contributed by atoms with van der Waals surface area (Å²) in [5.41, 5.74) is 3.44. The number of ether oxygens (including phenoxy) is 5. The van der Waals surface area contributed by atoms with Crippen molar-refractivity contribution in [3.63, 3.8) is 0 Å². The summed E-state index contributed by atoms with van der Waals surface area (Å²) in [7, 11) is -3.71. The Morgan fingerprint density at radius 3 is 1.85 bits per heavy atom. The quantitative estimate of drug-likeness (QED) is 0.122. The van der Waals surface area contributed by atoms with Crippen molar-refractivity contribution in [1.29, 1.82) is 0 Å². The minimum Gasteiger partial charge on any atom is -0.484 e. The lowest BCUT2D eigenvalue weighted by molar-refractivity contribution is 0.0162. The van der Waals surface area contributed by atoms with Crippen LogP contribution in [0.5, 0.6) is 5.75 Å². The molecule has 5 rings (SSSR count). The van der Waals surface area contributed by atoms with Crippen molar-refractivity contribution in [2.24, 2.45) is 0 Å². The standard InChI is InChI=1S/C40H54N4O9S/c1-2-49-23-18-41-39(45)31-10-12-32(13-11-31)40(46)42-19-24-50-26-28-52-29-27-51-25-20-43-54(47,48)35-16-14-34(15-17-35)53-38-36-9-5-4-8-33(36)30-37(38)44-21-6-3-7-22-44/h4-5,8-17,37-38,43H,2-3,6-7,18-30H2,1H3,(H,41,45)(H,42,46)/t37-,38-/m0/s1. The number of rotatable bonds is 23. The van der Waals surface area contributed by atoms with Gasteiger partial charge in [-0.15, -0.1) is 0 Å². The lowest BCUT2D eigenvalue weighted by Gasteiger charge is -2.35. The molecule has 1 saturated heterocycles. The topological polar surface area (TPSA) is 154 Å². The molecule has 2 atom stereocenters. The second-order valence-corrected chi connectivity index (χ2v) is 14.9. The van der Waals surface area contributed by atoms with E-state index in [1.54, 1.807) is 48.5 Å². The summed E-state index contributed by atoms with van der Waals surface area (Å²) in [6, 6.07) is 21.8. The molecule has 3 N–H and O–H groups in total. The van der Waals surface area contributed by atoms with Crippen molar-refractivity contribution in [3.05, 3.63) is 95.1 Å².